The van der Waals surface area contributed by atoms with Crippen molar-refractivity contribution < 1.29 is 26.2 Å². The molecule has 1 aromatic carbocycles. The minimum atomic E-state index is -0.888. The van der Waals surface area contributed by atoms with Gasteiger partial charge in [0.25, 0.3) is 0 Å². The molecule has 0 aliphatic heterocycles. The Morgan fingerprint density at radius 3 is 1.20 bits per heavy atom. The molecule has 15 heavy (non-hydrogen) atoms. The molecule has 5 heteroatoms. The van der Waals surface area contributed by atoms with E-state index < -0.39 is 14.3 Å². The molecule has 3 nitrogen and oxygen atoms in total. The SMILES string of the molecule is C[NH-].C[NH-].C[NH-].[CH3][GeH]([CH3])[c-]1cccc1.[Zr+4]. The van der Waals surface area contributed by atoms with Gasteiger partial charge in [0.15, 0.2) is 0 Å². The maximum Gasteiger partial charge on any atom is 4.00 e. The second kappa shape index (κ2) is 24.1. The molecular formula is C10H23GeN3Zr. The van der Waals surface area contributed by atoms with E-state index in [2.05, 4.69) is 35.8 Å². The van der Waals surface area contributed by atoms with E-state index in [1.807, 2.05) is 0 Å². The molecule has 0 radical (unpaired) electrons. The van der Waals surface area contributed by atoms with Gasteiger partial charge >= 0.3 is 80.7 Å². The normalized spacial score (nSPS) is 6.73. The summed E-state index contributed by atoms with van der Waals surface area (Å²) in [4.78, 5) is 0. The van der Waals surface area contributed by atoms with Crippen molar-refractivity contribution in [3.05, 3.63) is 41.5 Å². The van der Waals surface area contributed by atoms with Crippen LogP contribution in [0.1, 0.15) is 0 Å². The first kappa shape index (κ1) is 24.8. The van der Waals surface area contributed by atoms with Gasteiger partial charge in [0.2, 0.25) is 0 Å². The molecule has 1 aromatic rings. The summed E-state index contributed by atoms with van der Waals surface area (Å²) in [6, 6.07) is 8.73. The predicted molar refractivity (Wildman–Crippen MR) is 71.3 cm³/mol. The second-order valence-corrected chi connectivity index (χ2v) is 8.62. The first-order chi connectivity index (χ1) is 6.80. The zero-order valence-corrected chi connectivity index (χ0v) is 15.3. The summed E-state index contributed by atoms with van der Waals surface area (Å²) >= 11 is -0.888. The van der Waals surface area contributed by atoms with Gasteiger partial charge in [-0.25, -0.2) is 0 Å². The van der Waals surface area contributed by atoms with Crippen LogP contribution in [-0.4, -0.2) is 35.5 Å². The predicted octanol–water partition coefficient (Wildman–Crippen LogP) is 3.10. The van der Waals surface area contributed by atoms with Crippen molar-refractivity contribution in [3.63, 3.8) is 0 Å². The molecule has 0 saturated carbocycles. The Balaban J connectivity index is -0.0000000755. The minimum Gasteiger partial charge on any atom is 4.00 e. The molecule has 3 N–H and O–H groups in total. The van der Waals surface area contributed by atoms with E-state index in [4.69, 9.17) is 17.2 Å². The Bertz CT molecular complexity index is 156. The fourth-order valence-electron chi connectivity index (χ4n) is 0.774. The largest absolute Gasteiger partial charge is 4.00 e. The standard InChI is InChI=1S/C7H11Ge.3CH4N.Zr/c1-8(2)7-5-3-4-6-7;3*1-2;/h3-6,8H,1-2H3;3*2H,1H3;/q4*-1;+4. The number of hydrogen-bond acceptors (Lipinski definition) is 0. The summed E-state index contributed by atoms with van der Waals surface area (Å²) in [6.45, 7) is 0. The van der Waals surface area contributed by atoms with Crippen molar-refractivity contribution in [1.29, 1.82) is 0 Å². The maximum absolute atomic E-state index is 5.75. The zero-order chi connectivity index (χ0) is 12.0. The molecule has 0 atom stereocenters. The second-order valence-electron chi connectivity index (χ2n) is 2.37. The van der Waals surface area contributed by atoms with Gasteiger partial charge in [0, 0.05) is 0 Å². The third-order valence-electron chi connectivity index (χ3n) is 1.36. The molecule has 86 valence electrons. The summed E-state index contributed by atoms with van der Waals surface area (Å²) < 4.78 is 1.62. The summed E-state index contributed by atoms with van der Waals surface area (Å²) in [7, 11) is 3.75. The molecule has 0 amide bonds. The van der Waals surface area contributed by atoms with Crippen molar-refractivity contribution in [3.8, 4) is 0 Å². The Morgan fingerprint density at radius 1 is 0.800 bits per heavy atom. The molecule has 0 unspecified atom stereocenters. The fourth-order valence-corrected chi connectivity index (χ4v) is 2.86. The van der Waals surface area contributed by atoms with Gasteiger partial charge in [-0.3, -0.25) is 0 Å². The molecule has 0 saturated heterocycles. The van der Waals surface area contributed by atoms with Crippen LogP contribution >= 0.6 is 0 Å². The Morgan fingerprint density at radius 2 is 1.07 bits per heavy atom. The Labute approximate surface area is 118 Å². The smallest absolute Gasteiger partial charge is 4.00 e. The number of nitrogens with one attached hydrogen (secondary N) is 3. The maximum atomic E-state index is 5.75. The van der Waals surface area contributed by atoms with Crippen LogP contribution in [0, 0.1) is 0 Å². The summed E-state index contributed by atoms with van der Waals surface area (Å²) in [5.74, 6) is 4.78. The minimum absolute atomic E-state index is 0. The van der Waals surface area contributed by atoms with Gasteiger partial charge < -0.3 is 17.2 Å². The van der Waals surface area contributed by atoms with Crippen LogP contribution in [0.5, 0.6) is 0 Å². The van der Waals surface area contributed by atoms with Gasteiger partial charge in [-0.15, -0.1) is 0 Å². The van der Waals surface area contributed by atoms with Gasteiger partial charge in [-0.05, 0) is 0 Å². The van der Waals surface area contributed by atoms with Crippen molar-refractivity contribution in [1.82, 2.24) is 0 Å². The van der Waals surface area contributed by atoms with Crippen LogP contribution in [0.15, 0.2) is 24.3 Å². The molecular weight excluding hydrogens is 326 g/mol. The molecule has 0 bridgehead atoms. The van der Waals surface area contributed by atoms with Crippen molar-refractivity contribution in [2.45, 2.75) is 11.5 Å². The monoisotopic (exact) mass is 349 g/mol. The van der Waals surface area contributed by atoms with Crippen LogP contribution in [0.2, 0.25) is 11.5 Å². The average Bonchev–Trinajstić information content (AvgIpc) is 2.80. The average molecular weight is 349 g/mol. The Kier molecular flexibility index (Phi) is 39.7. The van der Waals surface area contributed by atoms with Crippen LogP contribution in [0.3, 0.4) is 0 Å². The van der Waals surface area contributed by atoms with Gasteiger partial charge in [0.05, 0.1) is 0 Å². The molecule has 0 aliphatic carbocycles. The van der Waals surface area contributed by atoms with Crippen LogP contribution < -0.4 is 4.40 Å². The van der Waals surface area contributed by atoms with Gasteiger partial charge in [0.1, 0.15) is 0 Å². The summed E-state index contributed by atoms with van der Waals surface area (Å²) in [5.41, 5.74) is 17.2. The Hall–Kier alpha value is 0.656. The molecule has 0 spiro atoms. The van der Waals surface area contributed by atoms with Crippen LogP contribution in [0.25, 0.3) is 17.2 Å². The third kappa shape index (κ3) is 17.3. The molecule has 1 rings (SSSR count). The van der Waals surface area contributed by atoms with Crippen LogP contribution in [-0.2, 0) is 26.2 Å². The van der Waals surface area contributed by atoms with Crippen LogP contribution in [0.4, 0.5) is 0 Å². The van der Waals surface area contributed by atoms with E-state index in [0.29, 0.717) is 0 Å². The van der Waals surface area contributed by atoms with E-state index in [9.17, 15) is 0 Å². The fraction of sp³-hybridized carbons (Fsp3) is 0.500. The van der Waals surface area contributed by atoms with Crippen molar-refractivity contribution >= 4 is 18.7 Å². The molecule has 0 aliphatic rings. The van der Waals surface area contributed by atoms with E-state index in [1.165, 1.54) is 21.1 Å². The third-order valence-corrected chi connectivity index (χ3v) is 4.96. The summed E-state index contributed by atoms with van der Waals surface area (Å²) in [6.07, 6.45) is 0. The first-order valence-corrected chi connectivity index (χ1v) is 10.6. The van der Waals surface area contributed by atoms with E-state index >= 15 is 0 Å². The van der Waals surface area contributed by atoms with E-state index in [-0.39, 0.29) is 26.2 Å². The van der Waals surface area contributed by atoms with E-state index in [0.717, 1.165) is 0 Å². The molecule has 0 heterocycles. The van der Waals surface area contributed by atoms with Crippen molar-refractivity contribution in [2.75, 3.05) is 21.1 Å². The van der Waals surface area contributed by atoms with Crippen molar-refractivity contribution in [2.24, 2.45) is 0 Å². The number of hydrogen-bond donors (Lipinski definition) is 0. The topological polar surface area (TPSA) is 71.4 Å². The summed E-state index contributed by atoms with van der Waals surface area (Å²) in [5, 5.41) is 0. The van der Waals surface area contributed by atoms with Gasteiger partial charge in [-0.2, -0.15) is 21.1 Å². The number of rotatable bonds is 1. The van der Waals surface area contributed by atoms with E-state index in [1.54, 1.807) is 4.40 Å². The first-order valence-electron chi connectivity index (χ1n) is 4.52. The molecule has 0 fully saturated rings. The zero-order valence-electron chi connectivity index (χ0n) is 10.4. The quantitative estimate of drug-likeness (QED) is 0.552. The van der Waals surface area contributed by atoms with Gasteiger partial charge in [-0.1, -0.05) is 0 Å². The molecule has 0 aromatic heterocycles.